The van der Waals surface area contributed by atoms with Crippen LogP contribution in [0.3, 0.4) is 0 Å². The number of likely N-dealkylation sites (tertiary alicyclic amines) is 1. The summed E-state index contributed by atoms with van der Waals surface area (Å²) in [6, 6.07) is 4.28. The third-order valence-electron chi connectivity index (χ3n) is 3.78. The normalized spacial score (nSPS) is 19.9. The van der Waals surface area contributed by atoms with Gasteiger partial charge in [-0.1, -0.05) is 6.42 Å². The van der Waals surface area contributed by atoms with E-state index in [-0.39, 0.29) is 30.7 Å². The Kier molecular flexibility index (Phi) is 5.09. The summed E-state index contributed by atoms with van der Waals surface area (Å²) in [6.45, 7) is 1.08. The third-order valence-corrected chi connectivity index (χ3v) is 3.78. The van der Waals surface area contributed by atoms with Gasteiger partial charge in [0.05, 0.1) is 20.3 Å². The second-order valence-corrected chi connectivity index (χ2v) is 5.08. The smallest absolute Gasteiger partial charge is 0.176 e. The van der Waals surface area contributed by atoms with Gasteiger partial charge in [-0.2, -0.15) is 0 Å². The molecule has 5 heteroatoms. The minimum absolute atomic E-state index is 0.0378. The highest BCUT2D eigenvalue weighted by Gasteiger charge is 2.24. The van der Waals surface area contributed by atoms with Crippen LogP contribution in [0.15, 0.2) is 18.2 Å². The largest absolute Gasteiger partial charge is 0.494 e. The van der Waals surface area contributed by atoms with E-state index in [9.17, 15) is 14.3 Å². The molecule has 0 bridgehead atoms. The van der Waals surface area contributed by atoms with E-state index in [2.05, 4.69) is 0 Å². The molecule has 0 saturated carbocycles. The number of carbonyl (C=O) groups excluding carboxylic acids is 1. The number of aliphatic hydroxyl groups is 1. The summed E-state index contributed by atoms with van der Waals surface area (Å²) in [7, 11) is 1.39. The number of nitrogens with zero attached hydrogens (tertiary/aromatic N) is 1. The van der Waals surface area contributed by atoms with E-state index in [4.69, 9.17) is 4.74 Å². The van der Waals surface area contributed by atoms with Crippen LogP contribution >= 0.6 is 0 Å². The fourth-order valence-electron chi connectivity index (χ4n) is 2.59. The first kappa shape index (κ1) is 14.9. The molecule has 0 aromatic heterocycles. The number of ether oxygens (including phenoxy) is 1. The van der Waals surface area contributed by atoms with Crippen LogP contribution in [0.25, 0.3) is 0 Å². The Hall–Kier alpha value is -1.46. The van der Waals surface area contributed by atoms with Crippen molar-refractivity contribution in [2.75, 3.05) is 26.8 Å². The van der Waals surface area contributed by atoms with Gasteiger partial charge < -0.3 is 9.84 Å². The number of ketones is 1. The van der Waals surface area contributed by atoms with Gasteiger partial charge in [-0.25, -0.2) is 4.39 Å². The van der Waals surface area contributed by atoms with Crippen molar-refractivity contribution in [1.29, 1.82) is 0 Å². The summed E-state index contributed by atoms with van der Waals surface area (Å²) < 4.78 is 18.4. The topological polar surface area (TPSA) is 49.8 Å². The number of piperidine rings is 1. The van der Waals surface area contributed by atoms with Crippen LogP contribution in [-0.4, -0.2) is 48.6 Å². The van der Waals surface area contributed by atoms with E-state index >= 15 is 0 Å². The standard InChI is InChI=1S/C15H20FNO3/c1-20-15-6-5-11(8-13(15)16)14(19)9-17-7-3-2-4-12(17)10-18/h5-6,8,12,18H,2-4,7,9-10H2,1H3. The van der Waals surface area contributed by atoms with E-state index in [0.717, 1.165) is 25.8 Å². The van der Waals surface area contributed by atoms with Crippen LogP contribution < -0.4 is 4.74 Å². The summed E-state index contributed by atoms with van der Waals surface area (Å²) in [4.78, 5) is 14.2. The van der Waals surface area contributed by atoms with E-state index in [0.29, 0.717) is 5.56 Å². The van der Waals surface area contributed by atoms with Gasteiger partial charge in [0.1, 0.15) is 0 Å². The number of carbonyl (C=O) groups is 1. The molecule has 1 heterocycles. The average molecular weight is 281 g/mol. The summed E-state index contributed by atoms with van der Waals surface area (Å²) in [5.41, 5.74) is 0.338. The van der Waals surface area contributed by atoms with Crippen LogP contribution in [0.1, 0.15) is 29.6 Å². The number of hydrogen-bond acceptors (Lipinski definition) is 4. The molecule has 1 saturated heterocycles. The molecular formula is C15H20FNO3. The van der Waals surface area contributed by atoms with Gasteiger partial charge in [-0.15, -0.1) is 0 Å². The highest BCUT2D eigenvalue weighted by atomic mass is 19.1. The SMILES string of the molecule is COc1ccc(C(=O)CN2CCCCC2CO)cc1F. The molecule has 4 nitrogen and oxygen atoms in total. The Bertz CT molecular complexity index is 478. The summed E-state index contributed by atoms with van der Waals surface area (Å²) >= 11 is 0. The highest BCUT2D eigenvalue weighted by Crippen LogP contribution is 2.20. The van der Waals surface area contributed by atoms with Gasteiger partial charge in [-0.3, -0.25) is 9.69 Å². The predicted octanol–water partition coefficient (Wildman–Crippen LogP) is 1.86. The van der Waals surface area contributed by atoms with E-state index in [1.807, 2.05) is 4.90 Å². The molecule has 1 atom stereocenters. The Balaban J connectivity index is 2.05. The van der Waals surface area contributed by atoms with E-state index < -0.39 is 5.82 Å². The molecule has 1 fully saturated rings. The summed E-state index contributed by atoms with van der Waals surface area (Å²) in [6.07, 6.45) is 3.01. The Morgan fingerprint density at radius 1 is 1.50 bits per heavy atom. The van der Waals surface area contributed by atoms with Crippen molar-refractivity contribution in [3.05, 3.63) is 29.6 Å². The van der Waals surface area contributed by atoms with Gasteiger partial charge in [-0.05, 0) is 37.6 Å². The fraction of sp³-hybridized carbons (Fsp3) is 0.533. The van der Waals surface area contributed by atoms with Gasteiger partial charge in [0, 0.05) is 11.6 Å². The lowest BCUT2D eigenvalue weighted by Crippen LogP contribution is -2.44. The molecule has 1 aromatic rings. The molecule has 2 rings (SSSR count). The van der Waals surface area contributed by atoms with Crippen molar-refractivity contribution in [1.82, 2.24) is 4.90 Å². The first-order valence-corrected chi connectivity index (χ1v) is 6.87. The molecule has 1 aliphatic heterocycles. The van der Waals surface area contributed by atoms with Gasteiger partial charge in [0.15, 0.2) is 17.3 Å². The molecular weight excluding hydrogens is 261 g/mol. The zero-order valence-corrected chi connectivity index (χ0v) is 11.6. The zero-order valence-electron chi connectivity index (χ0n) is 11.6. The van der Waals surface area contributed by atoms with Crippen LogP contribution in [0.2, 0.25) is 0 Å². The fourth-order valence-corrected chi connectivity index (χ4v) is 2.59. The maximum atomic E-state index is 13.6. The lowest BCUT2D eigenvalue weighted by molar-refractivity contribution is 0.0711. The quantitative estimate of drug-likeness (QED) is 0.837. The zero-order chi connectivity index (χ0) is 14.5. The van der Waals surface area contributed by atoms with Crippen LogP contribution in [0.4, 0.5) is 4.39 Å². The minimum atomic E-state index is -0.532. The Morgan fingerprint density at radius 3 is 2.95 bits per heavy atom. The van der Waals surface area contributed by atoms with Crippen molar-refractivity contribution in [2.24, 2.45) is 0 Å². The van der Waals surface area contributed by atoms with Crippen molar-refractivity contribution < 1.29 is 19.0 Å². The van der Waals surface area contributed by atoms with E-state index in [1.165, 1.54) is 19.2 Å². The van der Waals surface area contributed by atoms with Crippen molar-refractivity contribution >= 4 is 5.78 Å². The first-order chi connectivity index (χ1) is 9.65. The van der Waals surface area contributed by atoms with Crippen molar-refractivity contribution in [3.8, 4) is 5.75 Å². The predicted molar refractivity (Wildman–Crippen MR) is 73.6 cm³/mol. The Labute approximate surface area is 118 Å². The van der Waals surface area contributed by atoms with Crippen LogP contribution in [0, 0.1) is 5.82 Å². The average Bonchev–Trinajstić information content (AvgIpc) is 2.47. The monoisotopic (exact) mass is 281 g/mol. The highest BCUT2D eigenvalue weighted by molar-refractivity contribution is 5.97. The number of halogens is 1. The first-order valence-electron chi connectivity index (χ1n) is 6.87. The molecule has 0 spiro atoms. The molecule has 0 amide bonds. The molecule has 1 aliphatic rings. The Morgan fingerprint density at radius 2 is 2.30 bits per heavy atom. The molecule has 20 heavy (non-hydrogen) atoms. The number of hydrogen-bond donors (Lipinski definition) is 1. The molecule has 1 aromatic carbocycles. The minimum Gasteiger partial charge on any atom is -0.494 e. The number of Topliss-reactive ketones (excluding diaryl/α,β-unsaturated/α-hetero) is 1. The lowest BCUT2D eigenvalue weighted by Gasteiger charge is -2.33. The number of aliphatic hydroxyl groups excluding tert-OH is 1. The molecule has 0 radical (unpaired) electrons. The number of rotatable bonds is 5. The summed E-state index contributed by atoms with van der Waals surface area (Å²) in [5.74, 6) is -0.532. The molecule has 1 N–H and O–H groups in total. The second kappa shape index (κ2) is 6.81. The lowest BCUT2D eigenvalue weighted by atomic mass is 10.0. The van der Waals surface area contributed by atoms with Gasteiger partial charge in [0.25, 0.3) is 0 Å². The van der Waals surface area contributed by atoms with Crippen molar-refractivity contribution in [2.45, 2.75) is 25.3 Å². The van der Waals surface area contributed by atoms with Gasteiger partial charge in [0.2, 0.25) is 0 Å². The second-order valence-electron chi connectivity index (χ2n) is 5.08. The van der Waals surface area contributed by atoms with Gasteiger partial charge >= 0.3 is 0 Å². The van der Waals surface area contributed by atoms with Crippen LogP contribution in [-0.2, 0) is 0 Å². The van der Waals surface area contributed by atoms with Crippen molar-refractivity contribution in [3.63, 3.8) is 0 Å². The number of benzene rings is 1. The van der Waals surface area contributed by atoms with Crippen LogP contribution in [0.5, 0.6) is 5.75 Å². The van der Waals surface area contributed by atoms with E-state index in [1.54, 1.807) is 6.07 Å². The molecule has 0 aliphatic carbocycles. The molecule has 110 valence electrons. The molecule has 1 unspecified atom stereocenters. The number of methoxy groups -OCH3 is 1. The third kappa shape index (κ3) is 3.35. The maximum absolute atomic E-state index is 13.6. The maximum Gasteiger partial charge on any atom is 0.176 e. The summed E-state index contributed by atoms with van der Waals surface area (Å²) in [5, 5.41) is 9.33.